The number of nitrogens with one attached hydrogen (secondary N) is 1. The van der Waals surface area contributed by atoms with Crippen molar-refractivity contribution in [1.82, 2.24) is 20.0 Å². The van der Waals surface area contributed by atoms with Gasteiger partial charge in [0.1, 0.15) is 0 Å². The number of nitrogens with zero attached hydrogens (tertiary/aromatic N) is 3. The molecule has 0 saturated carbocycles. The molecule has 1 aromatic heterocycles. The van der Waals surface area contributed by atoms with Crippen LogP contribution in [0.25, 0.3) is 0 Å². The highest BCUT2D eigenvalue weighted by Gasteiger charge is 2.40. The normalized spacial score (nSPS) is 19.0. The lowest BCUT2D eigenvalue weighted by Gasteiger charge is -2.24. The standard InChI is InChI=1S/C15H24N4O2/c1-4-11(5-2)19-14(20)10-13(15(19)21)16-8-6-12-7-9-17-18(12)3/h7,9,11,13,16H,4-6,8,10H2,1-3H3. The molecule has 1 N–H and O–H groups in total. The van der Waals surface area contributed by atoms with Gasteiger partial charge in [-0.2, -0.15) is 5.10 Å². The van der Waals surface area contributed by atoms with Crippen molar-refractivity contribution in [2.45, 2.75) is 51.6 Å². The third-order valence-electron chi connectivity index (χ3n) is 4.18. The van der Waals surface area contributed by atoms with Gasteiger partial charge in [-0.1, -0.05) is 13.8 Å². The highest BCUT2D eigenvalue weighted by Crippen LogP contribution is 2.20. The van der Waals surface area contributed by atoms with Crippen LogP contribution in [-0.2, 0) is 23.1 Å². The molecule has 1 aliphatic rings. The van der Waals surface area contributed by atoms with Crippen LogP contribution < -0.4 is 5.32 Å². The molecule has 2 rings (SSSR count). The van der Waals surface area contributed by atoms with E-state index < -0.39 is 0 Å². The Morgan fingerprint density at radius 2 is 2.10 bits per heavy atom. The number of rotatable bonds is 7. The third-order valence-corrected chi connectivity index (χ3v) is 4.18. The molecular formula is C15H24N4O2. The van der Waals surface area contributed by atoms with E-state index in [0.717, 1.165) is 25.0 Å². The van der Waals surface area contributed by atoms with Gasteiger partial charge >= 0.3 is 0 Å². The molecule has 6 nitrogen and oxygen atoms in total. The minimum absolute atomic E-state index is 0.0360. The summed E-state index contributed by atoms with van der Waals surface area (Å²) in [6, 6.07) is 1.62. The predicted molar refractivity (Wildman–Crippen MR) is 79.5 cm³/mol. The Bertz CT molecular complexity index is 508. The summed E-state index contributed by atoms with van der Waals surface area (Å²) in [6.45, 7) is 4.69. The van der Waals surface area contributed by atoms with E-state index in [2.05, 4.69) is 10.4 Å². The van der Waals surface area contributed by atoms with Crippen LogP contribution >= 0.6 is 0 Å². The molecule has 1 saturated heterocycles. The zero-order valence-electron chi connectivity index (χ0n) is 13.0. The highest BCUT2D eigenvalue weighted by molar-refractivity contribution is 6.05. The molecule has 0 bridgehead atoms. The van der Waals surface area contributed by atoms with Gasteiger partial charge in [0.05, 0.1) is 12.5 Å². The molecule has 2 heterocycles. The molecule has 0 radical (unpaired) electrons. The second-order valence-corrected chi connectivity index (χ2v) is 5.48. The van der Waals surface area contributed by atoms with Gasteiger partial charge in [0.2, 0.25) is 11.8 Å². The van der Waals surface area contributed by atoms with Gasteiger partial charge in [-0.25, -0.2) is 0 Å². The molecule has 1 aromatic rings. The van der Waals surface area contributed by atoms with Crippen LogP contribution in [0.2, 0.25) is 0 Å². The topological polar surface area (TPSA) is 67.2 Å². The van der Waals surface area contributed by atoms with Crippen molar-refractivity contribution in [2.24, 2.45) is 7.05 Å². The number of hydrogen-bond acceptors (Lipinski definition) is 4. The number of carbonyl (C=O) groups is 2. The van der Waals surface area contributed by atoms with Gasteiger partial charge in [-0.15, -0.1) is 0 Å². The monoisotopic (exact) mass is 292 g/mol. The quantitative estimate of drug-likeness (QED) is 0.757. The SMILES string of the molecule is CCC(CC)N1C(=O)CC(NCCc2ccnn2C)C1=O. The molecule has 1 unspecified atom stereocenters. The largest absolute Gasteiger partial charge is 0.305 e. The van der Waals surface area contributed by atoms with Gasteiger partial charge in [-0.3, -0.25) is 19.2 Å². The zero-order valence-corrected chi connectivity index (χ0v) is 13.0. The fraction of sp³-hybridized carbons (Fsp3) is 0.667. The fourth-order valence-corrected chi connectivity index (χ4v) is 2.87. The van der Waals surface area contributed by atoms with Crippen molar-refractivity contribution in [2.75, 3.05) is 6.54 Å². The summed E-state index contributed by atoms with van der Waals surface area (Å²) < 4.78 is 1.82. The summed E-state index contributed by atoms with van der Waals surface area (Å²) >= 11 is 0. The highest BCUT2D eigenvalue weighted by atomic mass is 16.2. The first-order valence-electron chi connectivity index (χ1n) is 7.64. The van der Waals surface area contributed by atoms with Crippen LogP contribution in [-0.4, -0.2) is 45.1 Å². The Kier molecular flexibility index (Phi) is 5.12. The molecule has 116 valence electrons. The lowest BCUT2D eigenvalue weighted by atomic mass is 10.1. The van der Waals surface area contributed by atoms with Gasteiger partial charge in [0.15, 0.2) is 0 Å². The van der Waals surface area contributed by atoms with E-state index in [1.807, 2.05) is 31.6 Å². The Labute approximate surface area is 125 Å². The molecule has 21 heavy (non-hydrogen) atoms. The number of aromatic nitrogens is 2. The van der Waals surface area contributed by atoms with E-state index in [0.29, 0.717) is 6.54 Å². The van der Waals surface area contributed by atoms with Crippen LogP contribution in [0.5, 0.6) is 0 Å². The van der Waals surface area contributed by atoms with Gasteiger partial charge in [0.25, 0.3) is 0 Å². The van der Waals surface area contributed by atoms with Gasteiger partial charge in [-0.05, 0) is 18.9 Å². The first-order valence-corrected chi connectivity index (χ1v) is 7.64. The maximum absolute atomic E-state index is 12.4. The molecule has 1 atom stereocenters. The minimum Gasteiger partial charge on any atom is -0.305 e. The summed E-state index contributed by atoms with van der Waals surface area (Å²) in [4.78, 5) is 25.9. The lowest BCUT2D eigenvalue weighted by Crippen LogP contribution is -2.44. The number of imide groups is 1. The second kappa shape index (κ2) is 6.85. The summed E-state index contributed by atoms with van der Waals surface area (Å²) in [7, 11) is 1.90. The van der Waals surface area contributed by atoms with Crippen molar-refractivity contribution in [3.8, 4) is 0 Å². The Hall–Kier alpha value is -1.69. The molecule has 0 aromatic carbocycles. The third kappa shape index (κ3) is 3.32. The number of amides is 2. The van der Waals surface area contributed by atoms with Crippen LogP contribution in [0.15, 0.2) is 12.3 Å². The molecule has 0 spiro atoms. The van der Waals surface area contributed by atoms with Crippen molar-refractivity contribution < 1.29 is 9.59 Å². The van der Waals surface area contributed by atoms with Crippen molar-refractivity contribution in [3.05, 3.63) is 18.0 Å². The predicted octanol–water partition coefficient (Wildman–Crippen LogP) is 0.868. The van der Waals surface area contributed by atoms with E-state index in [-0.39, 0.29) is 30.3 Å². The van der Waals surface area contributed by atoms with Crippen LogP contribution in [0, 0.1) is 0 Å². The number of carbonyl (C=O) groups excluding carboxylic acids is 2. The van der Waals surface area contributed by atoms with E-state index in [1.165, 1.54) is 4.90 Å². The maximum atomic E-state index is 12.4. The molecule has 6 heteroatoms. The first-order chi connectivity index (χ1) is 10.1. The van der Waals surface area contributed by atoms with Gasteiger partial charge < -0.3 is 5.32 Å². The number of hydrogen-bond donors (Lipinski definition) is 1. The summed E-state index contributed by atoms with van der Waals surface area (Å²) in [5, 5.41) is 7.32. The number of likely N-dealkylation sites (tertiary alicyclic amines) is 1. The van der Waals surface area contributed by atoms with Crippen LogP contribution in [0.4, 0.5) is 0 Å². The second-order valence-electron chi connectivity index (χ2n) is 5.48. The lowest BCUT2D eigenvalue weighted by molar-refractivity contribution is -0.141. The zero-order chi connectivity index (χ0) is 15.4. The average Bonchev–Trinajstić information content (AvgIpc) is 2.99. The molecule has 1 aliphatic heterocycles. The Morgan fingerprint density at radius 1 is 1.38 bits per heavy atom. The molecule has 1 fully saturated rings. The smallest absolute Gasteiger partial charge is 0.247 e. The van der Waals surface area contributed by atoms with Crippen molar-refractivity contribution >= 4 is 11.8 Å². The van der Waals surface area contributed by atoms with Crippen molar-refractivity contribution in [3.63, 3.8) is 0 Å². The first kappa shape index (κ1) is 15.7. The van der Waals surface area contributed by atoms with E-state index >= 15 is 0 Å². The van der Waals surface area contributed by atoms with Crippen molar-refractivity contribution in [1.29, 1.82) is 0 Å². The minimum atomic E-state index is -0.369. The summed E-state index contributed by atoms with van der Waals surface area (Å²) in [6.07, 6.45) is 4.46. The van der Waals surface area contributed by atoms with E-state index in [1.54, 1.807) is 6.20 Å². The Balaban J connectivity index is 1.89. The van der Waals surface area contributed by atoms with E-state index in [9.17, 15) is 9.59 Å². The Morgan fingerprint density at radius 3 is 2.67 bits per heavy atom. The molecule has 0 aliphatic carbocycles. The van der Waals surface area contributed by atoms with Crippen LogP contribution in [0.3, 0.4) is 0 Å². The van der Waals surface area contributed by atoms with Gasteiger partial charge in [0, 0.05) is 37.9 Å². The van der Waals surface area contributed by atoms with Crippen LogP contribution in [0.1, 0.15) is 38.8 Å². The fourth-order valence-electron chi connectivity index (χ4n) is 2.87. The number of aryl methyl sites for hydroxylation is 1. The summed E-state index contributed by atoms with van der Waals surface area (Å²) in [5.41, 5.74) is 1.11. The summed E-state index contributed by atoms with van der Waals surface area (Å²) in [5.74, 6) is -0.120. The molecule has 2 amide bonds. The van der Waals surface area contributed by atoms with E-state index in [4.69, 9.17) is 0 Å². The average molecular weight is 292 g/mol. The molecular weight excluding hydrogens is 268 g/mol. The maximum Gasteiger partial charge on any atom is 0.247 e.